The van der Waals surface area contributed by atoms with E-state index in [-0.39, 0.29) is 11.7 Å². The van der Waals surface area contributed by atoms with E-state index < -0.39 is 0 Å². The highest BCUT2D eigenvalue weighted by Crippen LogP contribution is 2.28. The molecule has 0 spiro atoms. The molecule has 9 heteroatoms. The Morgan fingerprint density at radius 3 is 2.34 bits per heavy atom. The van der Waals surface area contributed by atoms with Crippen molar-refractivity contribution in [2.45, 2.75) is 38.3 Å². The third kappa shape index (κ3) is 5.75. The first-order valence-electron chi connectivity index (χ1n) is 13.2. The van der Waals surface area contributed by atoms with Gasteiger partial charge in [0.1, 0.15) is 0 Å². The number of aryl methyl sites for hydroxylation is 1. The monoisotopic (exact) mass is 512 g/mol. The lowest BCUT2D eigenvalue weighted by Gasteiger charge is -2.10. The summed E-state index contributed by atoms with van der Waals surface area (Å²) in [4.78, 5) is 9.06. The molecule has 0 radical (unpaired) electrons. The van der Waals surface area contributed by atoms with Gasteiger partial charge in [-0.05, 0) is 54.9 Å². The molecule has 0 amide bonds. The second-order valence-corrected chi connectivity index (χ2v) is 10.0. The number of nitrogens with zero attached hydrogens (tertiary/aromatic N) is 4. The molecule has 2 saturated heterocycles. The van der Waals surface area contributed by atoms with Gasteiger partial charge in [-0.25, -0.2) is 9.97 Å². The van der Waals surface area contributed by atoms with Crippen molar-refractivity contribution in [3.05, 3.63) is 65.9 Å². The van der Waals surface area contributed by atoms with Crippen LogP contribution in [0.25, 0.3) is 34.3 Å². The first kappa shape index (κ1) is 24.7. The first-order chi connectivity index (χ1) is 18.7. The van der Waals surface area contributed by atoms with Gasteiger partial charge in [0.15, 0.2) is 11.5 Å². The van der Waals surface area contributed by atoms with Gasteiger partial charge in [-0.1, -0.05) is 36.4 Å². The lowest BCUT2D eigenvalue weighted by atomic mass is 9.98. The molecule has 3 N–H and O–H groups in total. The summed E-state index contributed by atoms with van der Waals surface area (Å²) in [5.41, 5.74) is 11.5. The summed E-state index contributed by atoms with van der Waals surface area (Å²) >= 11 is 0. The molecule has 4 heterocycles. The van der Waals surface area contributed by atoms with Crippen LogP contribution in [0.3, 0.4) is 0 Å². The number of rotatable bonds is 9. The smallest absolute Gasteiger partial charge is 0.270 e. The number of nitrogens with two attached hydrogens (primary N) is 1. The van der Waals surface area contributed by atoms with E-state index in [9.17, 15) is 0 Å². The van der Waals surface area contributed by atoms with Gasteiger partial charge in [-0.15, -0.1) is 10.2 Å². The maximum atomic E-state index is 6.15. The number of nitrogen functional groups attached to an aromatic ring is 1. The fraction of sp³-hybridized carbons (Fsp3) is 0.379. The minimum Gasteiger partial charge on any atom is -0.414 e. The second kappa shape index (κ2) is 11.4. The van der Waals surface area contributed by atoms with Crippen LogP contribution in [-0.2, 0) is 22.4 Å². The van der Waals surface area contributed by atoms with Crippen molar-refractivity contribution in [2.75, 3.05) is 32.2 Å². The van der Waals surface area contributed by atoms with Crippen LogP contribution in [0.2, 0.25) is 0 Å². The van der Waals surface area contributed by atoms with E-state index >= 15 is 0 Å². The van der Waals surface area contributed by atoms with Gasteiger partial charge in [-0.2, -0.15) is 0 Å². The molecule has 1 unspecified atom stereocenters. The zero-order valence-electron chi connectivity index (χ0n) is 21.3. The Balaban J connectivity index is 1.13. The van der Waals surface area contributed by atoms with Crippen molar-refractivity contribution in [3.8, 4) is 34.3 Å². The summed E-state index contributed by atoms with van der Waals surface area (Å²) < 4.78 is 16.9. The van der Waals surface area contributed by atoms with Crippen LogP contribution in [0.15, 0.2) is 59.1 Å². The third-order valence-corrected chi connectivity index (χ3v) is 7.27. The van der Waals surface area contributed by atoms with Crippen LogP contribution < -0.4 is 11.1 Å². The van der Waals surface area contributed by atoms with Crippen LogP contribution in [-0.4, -0.2) is 52.6 Å². The molecule has 4 aromatic rings. The number of nitrogens with one attached hydrogen (secondary N) is 1. The summed E-state index contributed by atoms with van der Waals surface area (Å²) in [5.74, 6) is 1.57. The molecule has 2 aromatic carbocycles. The van der Waals surface area contributed by atoms with Crippen molar-refractivity contribution in [3.63, 3.8) is 0 Å². The van der Waals surface area contributed by atoms with Crippen molar-refractivity contribution in [1.29, 1.82) is 0 Å². The number of aromatic nitrogens is 4. The Labute approximate surface area is 221 Å². The molecule has 196 valence electrons. The molecule has 2 aromatic heterocycles. The molecule has 38 heavy (non-hydrogen) atoms. The molecule has 6 rings (SSSR count). The Bertz CT molecular complexity index is 1340. The summed E-state index contributed by atoms with van der Waals surface area (Å²) in [6.45, 7) is 4.18. The van der Waals surface area contributed by atoms with E-state index in [4.69, 9.17) is 24.6 Å². The maximum Gasteiger partial charge on any atom is 0.270 e. The Morgan fingerprint density at radius 2 is 1.58 bits per heavy atom. The number of benzene rings is 2. The first-order valence-corrected chi connectivity index (χ1v) is 13.2. The Hall–Kier alpha value is -3.66. The summed E-state index contributed by atoms with van der Waals surface area (Å²) in [6.07, 6.45) is 6.09. The summed E-state index contributed by atoms with van der Waals surface area (Å²) in [5, 5.41) is 12.0. The molecule has 2 fully saturated rings. The van der Waals surface area contributed by atoms with Crippen LogP contribution >= 0.6 is 0 Å². The van der Waals surface area contributed by atoms with Crippen molar-refractivity contribution in [1.82, 2.24) is 25.5 Å². The predicted molar refractivity (Wildman–Crippen MR) is 144 cm³/mol. The second-order valence-electron chi connectivity index (χ2n) is 10.0. The molecule has 2 aliphatic rings. The maximum absolute atomic E-state index is 6.15. The van der Waals surface area contributed by atoms with Gasteiger partial charge in [0.25, 0.3) is 5.89 Å². The normalized spacial score (nSPS) is 19.3. The highest BCUT2D eigenvalue weighted by Gasteiger charge is 2.18. The SMILES string of the molecule is Nc1ncc(-c2ccc(CCC3CCOC3)cc2)nc1-c1nnc(-c2ccc(CN[C@@H]3CCOC3)cc2)o1. The van der Waals surface area contributed by atoms with E-state index in [1.54, 1.807) is 6.20 Å². The molecule has 2 aliphatic heterocycles. The fourth-order valence-electron chi connectivity index (χ4n) is 4.88. The minimum atomic E-state index is 0.245. The predicted octanol–water partition coefficient (Wildman–Crippen LogP) is 4.29. The quantitative estimate of drug-likeness (QED) is 0.338. The van der Waals surface area contributed by atoms with E-state index in [0.717, 1.165) is 63.4 Å². The van der Waals surface area contributed by atoms with Crippen molar-refractivity contribution >= 4 is 5.82 Å². The lowest BCUT2D eigenvalue weighted by molar-refractivity contribution is 0.184. The van der Waals surface area contributed by atoms with Crippen LogP contribution in [0.4, 0.5) is 5.82 Å². The average Bonchev–Trinajstić information content (AvgIpc) is 3.75. The molecule has 9 nitrogen and oxygen atoms in total. The molecule has 0 bridgehead atoms. The standard InChI is InChI=1S/C29H32N6O3/c30-27-26(33-25(16-32-27)22-7-3-19(4-8-22)1-2-21-11-13-36-17-21)29-35-34-28(38-29)23-9-5-20(6-10-23)15-31-24-12-14-37-18-24/h3-10,16,21,24,31H,1-2,11-15,17-18H2,(H2,30,32)/t21?,24-/m1/s1. The van der Waals surface area contributed by atoms with Crippen LogP contribution in [0.1, 0.15) is 30.4 Å². The van der Waals surface area contributed by atoms with Gasteiger partial charge >= 0.3 is 0 Å². The van der Waals surface area contributed by atoms with E-state index in [1.807, 2.05) is 12.1 Å². The number of anilines is 1. The molecular formula is C29H32N6O3. The van der Waals surface area contributed by atoms with Crippen molar-refractivity contribution in [2.24, 2.45) is 5.92 Å². The Kier molecular flexibility index (Phi) is 7.39. The van der Waals surface area contributed by atoms with Crippen LogP contribution in [0, 0.1) is 5.92 Å². The van der Waals surface area contributed by atoms with Crippen LogP contribution in [0.5, 0.6) is 0 Å². The van der Waals surface area contributed by atoms with Gasteiger partial charge in [0.2, 0.25) is 5.89 Å². The largest absolute Gasteiger partial charge is 0.414 e. The zero-order valence-corrected chi connectivity index (χ0v) is 21.3. The van der Waals surface area contributed by atoms with E-state index in [2.05, 4.69) is 56.9 Å². The molecule has 2 atom stereocenters. The summed E-state index contributed by atoms with van der Waals surface area (Å²) in [6, 6.07) is 16.9. The highest BCUT2D eigenvalue weighted by atomic mass is 16.5. The minimum absolute atomic E-state index is 0.245. The van der Waals surface area contributed by atoms with Gasteiger partial charge < -0.3 is 24.9 Å². The number of hydrogen-bond acceptors (Lipinski definition) is 9. The average molecular weight is 513 g/mol. The summed E-state index contributed by atoms with van der Waals surface area (Å²) in [7, 11) is 0. The molecular weight excluding hydrogens is 480 g/mol. The molecule has 0 aliphatic carbocycles. The van der Waals surface area contributed by atoms with Gasteiger partial charge in [0, 0.05) is 43.5 Å². The van der Waals surface area contributed by atoms with E-state index in [0.29, 0.717) is 29.2 Å². The highest BCUT2D eigenvalue weighted by molar-refractivity contribution is 5.68. The van der Waals surface area contributed by atoms with Crippen molar-refractivity contribution < 1.29 is 13.9 Å². The molecule has 0 saturated carbocycles. The van der Waals surface area contributed by atoms with E-state index in [1.165, 1.54) is 17.5 Å². The topological polar surface area (TPSA) is 121 Å². The fourth-order valence-corrected chi connectivity index (χ4v) is 4.88. The number of hydrogen-bond donors (Lipinski definition) is 2. The zero-order chi connectivity index (χ0) is 25.7. The third-order valence-electron chi connectivity index (χ3n) is 7.27. The van der Waals surface area contributed by atoms with Gasteiger partial charge in [0.05, 0.1) is 18.5 Å². The van der Waals surface area contributed by atoms with Gasteiger partial charge in [-0.3, -0.25) is 0 Å². The number of ether oxygens (including phenoxy) is 2. The lowest BCUT2D eigenvalue weighted by Crippen LogP contribution is -2.28. The Morgan fingerprint density at radius 1 is 0.842 bits per heavy atom.